The fraction of sp³-hybridized carbons (Fsp3) is 0.278. The van der Waals surface area contributed by atoms with Crippen molar-refractivity contribution in [2.24, 2.45) is 0 Å². The normalized spacial score (nSPS) is 12.5. The van der Waals surface area contributed by atoms with Crippen LogP contribution in [0.2, 0.25) is 0 Å². The van der Waals surface area contributed by atoms with Gasteiger partial charge < -0.3 is 5.32 Å². The molecule has 0 saturated carbocycles. The first-order chi connectivity index (χ1) is 10.6. The summed E-state index contributed by atoms with van der Waals surface area (Å²) in [6, 6.07) is 12.9. The van der Waals surface area contributed by atoms with Crippen molar-refractivity contribution in [2.75, 3.05) is 0 Å². The molecule has 0 bridgehead atoms. The highest BCUT2D eigenvalue weighted by atomic mass is 32.1. The second-order valence-corrected chi connectivity index (χ2v) is 7.50. The van der Waals surface area contributed by atoms with E-state index in [4.69, 9.17) is 4.98 Å². The SMILES string of the molecule is Cc1ccsc1CNC(C)c1sc(-c2ccccc2)nc1C. The number of thiazole rings is 1. The van der Waals surface area contributed by atoms with Crippen LogP contribution in [0.4, 0.5) is 0 Å². The second kappa shape index (κ2) is 6.73. The quantitative estimate of drug-likeness (QED) is 0.684. The van der Waals surface area contributed by atoms with Crippen LogP contribution in [0.5, 0.6) is 0 Å². The molecule has 2 nitrogen and oxygen atoms in total. The zero-order valence-corrected chi connectivity index (χ0v) is 14.7. The first-order valence-electron chi connectivity index (χ1n) is 7.44. The van der Waals surface area contributed by atoms with Gasteiger partial charge in [-0.3, -0.25) is 0 Å². The Labute approximate surface area is 139 Å². The van der Waals surface area contributed by atoms with Crippen molar-refractivity contribution in [3.8, 4) is 10.6 Å². The number of nitrogens with one attached hydrogen (secondary N) is 1. The molecule has 1 unspecified atom stereocenters. The molecule has 3 rings (SSSR count). The van der Waals surface area contributed by atoms with Gasteiger partial charge in [0.1, 0.15) is 5.01 Å². The van der Waals surface area contributed by atoms with Crippen LogP contribution in [0.3, 0.4) is 0 Å². The lowest BCUT2D eigenvalue weighted by molar-refractivity contribution is 0.582. The third kappa shape index (κ3) is 3.29. The van der Waals surface area contributed by atoms with E-state index in [2.05, 4.69) is 61.8 Å². The largest absolute Gasteiger partial charge is 0.304 e. The number of hydrogen-bond donors (Lipinski definition) is 1. The Kier molecular flexibility index (Phi) is 4.71. The molecule has 0 aliphatic heterocycles. The summed E-state index contributed by atoms with van der Waals surface area (Å²) in [4.78, 5) is 7.49. The summed E-state index contributed by atoms with van der Waals surface area (Å²) in [7, 11) is 0. The molecule has 114 valence electrons. The Bertz CT molecular complexity index is 744. The zero-order valence-electron chi connectivity index (χ0n) is 13.1. The van der Waals surface area contributed by atoms with Gasteiger partial charge in [0.05, 0.1) is 5.69 Å². The van der Waals surface area contributed by atoms with Crippen molar-refractivity contribution < 1.29 is 0 Å². The minimum Gasteiger partial charge on any atom is -0.304 e. The Morgan fingerprint density at radius 1 is 1.14 bits per heavy atom. The third-order valence-electron chi connectivity index (χ3n) is 3.78. The molecule has 22 heavy (non-hydrogen) atoms. The Balaban J connectivity index is 1.74. The second-order valence-electron chi connectivity index (χ2n) is 5.46. The van der Waals surface area contributed by atoms with Crippen LogP contribution in [0, 0.1) is 13.8 Å². The molecule has 0 aliphatic rings. The van der Waals surface area contributed by atoms with Gasteiger partial charge in [0.2, 0.25) is 0 Å². The van der Waals surface area contributed by atoms with Gasteiger partial charge >= 0.3 is 0 Å². The van der Waals surface area contributed by atoms with E-state index in [1.54, 1.807) is 11.3 Å². The fourth-order valence-corrected chi connectivity index (χ4v) is 4.39. The molecule has 3 aromatic rings. The highest BCUT2D eigenvalue weighted by Gasteiger charge is 2.15. The summed E-state index contributed by atoms with van der Waals surface area (Å²) >= 11 is 3.61. The summed E-state index contributed by atoms with van der Waals surface area (Å²) in [5.41, 5.74) is 3.70. The van der Waals surface area contributed by atoms with Gasteiger partial charge in [0, 0.05) is 27.9 Å². The van der Waals surface area contributed by atoms with Gasteiger partial charge in [-0.05, 0) is 37.8 Å². The van der Waals surface area contributed by atoms with Gasteiger partial charge in [-0.1, -0.05) is 30.3 Å². The van der Waals surface area contributed by atoms with Crippen LogP contribution in [0.25, 0.3) is 10.6 Å². The lowest BCUT2D eigenvalue weighted by Crippen LogP contribution is -2.17. The van der Waals surface area contributed by atoms with E-state index in [1.165, 1.54) is 20.9 Å². The highest BCUT2D eigenvalue weighted by molar-refractivity contribution is 7.15. The van der Waals surface area contributed by atoms with E-state index in [0.29, 0.717) is 6.04 Å². The molecule has 0 aliphatic carbocycles. The molecule has 4 heteroatoms. The Morgan fingerprint density at radius 2 is 1.91 bits per heavy atom. The molecule has 0 fully saturated rings. The number of nitrogens with zero attached hydrogens (tertiary/aromatic N) is 1. The maximum atomic E-state index is 4.75. The number of aryl methyl sites for hydroxylation is 2. The van der Waals surface area contributed by atoms with Gasteiger partial charge in [0.15, 0.2) is 0 Å². The predicted molar refractivity (Wildman–Crippen MR) is 96.6 cm³/mol. The van der Waals surface area contributed by atoms with Crippen molar-refractivity contribution in [3.63, 3.8) is 0 Å². The summed E-state index contributed by atoms with van der Waals surface area (Å²) in [6.45, 7) is 7.41. The van der Waals surface area contributed by atoms with Gasteiger partial charge in [0.25, 0.3) is 0 Å². The van der Waals surface area contributed by atoms with Crippen LogP contribution in [-0.4, -0.2) is 4.98 Å². The van der Waals surface area contributed by atoms with Crippen molar-refractivity contribution in [1.29, 1.82) is 0 Å². The van der Waals surface area contributed by atoms with Gasteiger partial charge in [-0.15, -0.1) is 22.7 Å². The molecule has 0 saturated heterocycles. The van der Waals surface area contributed by atoms with Crippen LogP contribution < -0.4 is 5.32 Å². The molecule has 0 spiro atoms. The number of rotatable bonds is 5. The summed E-state index contributed by atoms with van der Waals surface area (Å²) in [5.74, 6) is 0. The molecule has 1 N–H and O–H groups in total. The molecule has 2 aromatic heterocycles. The molecule has 2 heterocycles. The van der Waals surface area contributed by atoms with Crippen LogP contribution in [-0.2, 0) is 6.54 Å². The average molecular weight is 329 g/mol. The van der Waals surface area contributed by atoms with Crippen LogP contribution in [0.1, 0.15) is 34.0 Å². The van der Waals surface area contributed by atoms with E-state index < -0.39 is 0 Å². The number of thiophene rings is 1. The van der Waals surface area contributed by atoms with Crippen LogP contribution in [0.15, 0.2) is 41.8 Å². The van der Waals surface area contributed by atoms with Crippen molar-refractivity contribution >= 4 is 22.7 Å². The highest BCUT2D eigenvalue weighted by Crippen LogP contribution is 2.31. The van der Waals surface area contributed by atoms with E-state index in [0.717, 1.165) is 17.2 Å². The maximum Gasteiger partial charge on any atom is 0.123 e. The van der Waals surface area contributed by atoms with E-state index in [1.807, 2.05) is 17.4 Å². The molecular weight excluding hydrogens is 308 g/mol. The number of hydrogen-bond acceptors (Lipinski definition) is 4. The monoisotopic (exact) mass is 328 g/mol. The van der Waals surface area contributed by atoms with E-state index >= 15 is 0 Å². The van der Waals surface area contributed by atoms with Crippen LogP contribution >= 0.6 is 22.7 Å². The fourth-order valence-electron chi connectivity index (χ4n) is 2.44. The molecule has 1 aromatic carbocycles. The standard InChI is InChI=1S/C18H20N2S2/c1-12-9-10-21-16(12)11-19-13(2)17-14(3)20-18(22-17)15-7-5-4-6-8-15/h4-10,13,19H,11H2,1-3H3. The summed E-state index contributed by atoms with van der Waals surface area (Å²) < 4.78 is 0. The number of aromatic nitrogens is 1. The van der Waals surface area contributed by atoms with E-state index in [9.17, 15) is 0 Å². The number of benzene rings is 1. The predicted octanol–water partition coefficient (Wildman–Crippen LogP) is 5.34. The summed E-state index contributed by atoms with van der Waals surface area (Å²) in [5, 5.41) is 6.89. The smallest absolute Gasteiger partial charge is 0.123 e. The first kappa shape index (κ1) is 15.4. The minimum atomic E-state index is 0.316. The van der Waals surface area contributed by atoms with Gasteiger partial charge in [-0.25, -0.2) is 4.98 Å². The summed E-state index contributed by atoms with van der Waals surface area (Å²) in [6.07, 6.45) is 0. The first-order valence-corrected chi connectivity index (χ1v) is 9.14. The lowest BCUT2D eigenvalue weighted by atomic mass is 10.2. The topological polar surface area (TPSA) is 24.9 Å². The van der Waals surface area contributed by atoms with Gasteiger partial charge in [-0.2, -0.15) is 0 Å². The molecule has 1 atom stereocenters. The molecule has 0 radical (unpaired) electrons. The Hall–Kier alpha value is -1.49. The molecular formula is C18H20N2S2. The molecule has 0 amide bonds. The van der Waals surface area contributed by atoms with Crippen molar-refractivity contribution in [2.45, 2.75) is 33.4 Å². The maximum absolute atomic E-state index is 4.75. The zero-order chi connectivity index (χ0) is 15.5. The van der Waals surface area contributed by atoms with Crippen molar-refractivity contribution in [3.05, 3.63) is 62.8 Å². The van der Waals surface area contributed by atoms with E-state index in [-0.39, 0.29) is 0 Å². The Morgan fingerprint density at radius 3 is 2.59 bits per heavy atom. The van der Waals surface area contributed by atoms with Crippen molar-refractivity contribution in [1.82, 2.24) is 10.3 Å². The third-order valence-corrected chi connectivity index (χ3v) is 6.20. The minimum absolute atomic E-state index is 0.316. The lowest BCUT2D eigenvalue weighted by Gasteiger charge is -2.12. The average Bonchev–Trinajstić information content (AvgIpc) is 3.12.